The molecule has 0 aromatic rings. The number of nitrogens with zero attached hydrogens (tertiary/aromatic N) is 1. The molecule has 8 nitrogen and oxygen atoms in total. The molecule has 0 saturated heterocycles. The molecule has 3 N–H and O–H groups in total. The molecule has 0 radical (unpaired) electrons. The Morgan fingerprint density at radius 3 is 1.24 bits per heavy atom. The molecule has 0 spiro atoms. The van der Waals surface area contributed by atoms with Gasteiger partial charge in [0.1, 0.15) is 13.2 Å². The Bertz CT molecular complexity index is 1020. The number of phosphoric ester groups is 1. The van der Waals surface area contributed by atoms with Crippen LogP contribution in [0.1, 0.15) is 271 Å². The van der Waals surface area contributed by atoms with Crippen molar-refractivity contribution in [1.82, 2.24) is 5.32 Å². The van der Waals surface area contributed by atoms with Crippen LogP contribution in [-0.2, 0) is 18.4 Å². The summed E-state index contributed by atoms with van der Waals surface area (Å²) < 4.78 is 23.7. The van der Waals surface area contributed by atoms with E-state index in [4.69, 9.17) is 9.05 Å². The molecule has 3 unspecified atom stereocenters. The van der Waals surface area contributed by atoms with Gasteiger partial charge in [0.05, 0.1) is 39.9 Å². The molecule has 0 rings (SSSR count). The van der Waals surface area contributed by atoms with Gasteiger partial charge in [-0.2, -0.15) is 0 Å². The lowest BCUT2D eigenvalue weighted by Gasteiger charge is -2.26. The van der Waals surface area contributed by atoms with Gasteiger partial charge in [0.2, 0.25) is 5.91 Å². The number of amides is 1. The largest absolute Gasteiger partial charge is 0.472 e. The molecular weight excluding hydrogens is 792 g/mol. The zero-order valence-corrected chi connectivity index (χ0v) is 43.0. The Kier molecular flexibility index (Phi) is 44.8. The Hall–Kier alpha value is -0.760. The quantitative estimate of drug-likeness (QED) is 0.0243. The van der Waals surface area contributed by atoms with Crippen molar-refractivity contribution >= 4 is 13.7 Å². The molecule has 370 valence electrons. The van der Waals surface area contributed by atoms with Crippen molar-refractivity contribution in [3.05, 3.63) is 12.2 Å². The van der Waals surface area contributed by atoms with E-state index in [-0.39, 0.29) is 19.1 Å². The molecule has 0 aromatic heterocycles. The number of unbranched alkanes of at least 4 members (excludes halogenated alkanes) is 35. The lowest BCUT2D eigenvalue weighted by Crippen LogP contribution is -2.46. The average molecular weight is 900 g/mol. The third kappa shape index (κ3) is 47.2. The van der Waals surface area contributed by atoms with Gasteiger partial charge < -0.3 is 19.8 Å². The van der Waals surface area contributed by atoms with Crippen LogP contribution in [0, 0.1) is 0 Å². The molecule has 3 atom stereocenters. The highest BCUT2D eigenvalue weighted by Gasteiger charge is 2.28. The lowest BCUT2D eigenvalue weighted by molar-refractivity contribution is -0.870. The van der Waals surface area contributed by atoms with Crippen molar-refractivity contribution in [2.24, 2.45) is 0 Å². The number of nitrogens with one attached hydrogen (secondary N) is 1. The maximum Gasteiger partial charge on any atom is 0.472 e. The highest BCUT2D eigenvalue weighted by Crippen LogP contribution is 2.43. The maximum atomic E-state index is 13.0. The fourth-order valence-corrected chi connectivity index (χ4v) is 8.96. The van der Waals surface area contributed by atoms with E-state index in [1.807, 2.05) is 21.1 Å². The SMILES string of the molecule is CCCCCCCCCCCCCC/C=C\CCCCCCCCCCC(=O)NC(COP(=O)(O)OCC[N+](C)(C)C)C(O)CCCCCCCCCCCCCCCCCC. The van der Waals surface area contributed by atoms with Crippen LogP contribution in [0.15, 0.2) is 12.2 Å². The fourth-order valence-electron chi connectivity index (χ4n) is 8.22. The number of aliphatic hydroxyl groups excluding tert-OH is 1. The Morgan fingerprint density at radius 1 is 0.532 bits per heavy atom. The summed E-state index contributed by atoms with van der Waals surface area (Å²) in [5, 5.41) is 14.0. The molecule has 62 heavy (non-hydrogen) atoms. The number of quaternary nitrogens is 1. The minimum absolute atomic E-state index is 0.0763. The van der Waals surface area contributed by atoms with E-state index in [0.717, 1.165) is 38.5 Å². The Balaban J connectivity index is 4.17. The Labute approximate surface area is 386 Å². The van der Waals surface area contributed by atoms with Crippen molar-refractivity contribution in [1.29, 1.82) is 0 Å². The van der Waals surface area contributed by atoms with Crippen LogP contribution in [-0.4, -0.2) is 73.4 Å². The van der Waals surface area contributed by atoms with E-state index in [1.165, 1.54) is 205 Å². The van der Waals surface area contributed by atoms with Crippen LogP contribution in [0.25, 0.3) is 0 Å². The van der Waals surface area contributed by atoms with Gasteiger partial charge in [-0.1, -0.05) is 238 Å². The first-order valence-corrected chi connectivity index (χ1v) is 28.5. The summed E-state index contributed by atoms with van der Waals surface area (Å²) in [5.41, 5.74) is 0. The zero-order chi connectivity index (χ0) is 45.7. The number of likely N-dealkylation sites (N-methyl/N-ethyl adjacent to an activating group) is 1. The summed E-state index contributed by atoms with van der Waals surface area (Å²) in [4.78, 5) is 23.3. The molecule has 0 aliphatic carbocycles. The number of hydrogen-bond donors (Lipinski definition) is 3. The first-order chi connectivity index (χ1) is 30.0. The number of phosphoric acid groups is 1. The second-order valence-electron chi connectivity index (χ2n) is 20.0. The van der Waals surface area contributed by atoms with Crippen LogP contribution < -0.4 is 5.32 Å². The van der Waals surface area contributed by atoms with Crippen LogP contribution in [0.4, 0.5) is 0 Å². The molecule has 0 heterocycles. The standard InChI is InChI=1S/C53H107N2O6P/c1-6-8-10-12-14-16-18-20-22-24-25-26-27-28-29-30-31-33-35-37-39-41-43-45-47-53(57)54-51(50-61-62(58,59)60-49-48-55(3,4)5)52(56)46-44-42-40-38-36-34-32-23-21-19-17-15-13-11-9-7-2/h28-29,51-52,56H,6-27,30-50H2,1-5H3,(H-,54,57,58,59)/p+1/b29-28-. The second-order valence-corrected chi connectivity index (χ2v) is 21.4. The second kappa shape index (κ2) is 45.4. The predicted octanol–water partition coefficient (Wildman–Crippen LogP) is 15.9. The van der Waals surface area contributed by atoms with E-state index in [9.17, 15) is 19.4 Å². The van der Waals surface area contributed by atoms with Crippen molar-refractivity contribution in [3.8, 4) is 0 Å². The molecule has 9 heteroatoms. The minimum atomic E-state index is -4.32. The average Bonchev–Trinajstić information content (AvgIpc) is 3.23. The molecule has 1 amide bonds. The highest BCUT2D eigenvalue weighted by molar-refractivity contribution is 7.47. The van der Waals surface area contributed by atoms with E-state index in [0.29, 0.717) is 23.9 Å². The normalized spacial score (nSPS) is 14.1. The molecule has 0 saturated carbocycles. The topological polar surface area (TPSA) is 105 Å². The molecule has 0 bridgehead atoms. The van der Waals surface area contributed by atoms with Gasteiger partial charge in [0.25, 0.3) is 0 Å². The van der Waals surface area contributed by atoms with Crippen LogP contribution in [0.3, 0.4) is 0 Å². The number of carbonyl (C=O) groups is 1. The highest BCUT2D eigenvalue weighted by atomic mass is 31.2. The van der Waals surface area contributed by atoms with Gasteiger partial charge in [-0.15, -0.1) is 0 Å². The summed E-state index contributed by atoms with van der Waals surface area (Å²) in [6.07, 6.45) is 54.0. The van der Waals surface area contributed by atoms with Crippen molar-refractivity contribution in [2.75, 3.05) is 40.9 Å². The summed E-state index contributed by atoms with van der Waals surface area (Å²) in [7, 11) is 1.62. The first kappa shape index (κ1) is 61.2. The van der Waals surface area contributed by atoms with Crippen molar-refractivity contribution in [3.63, 3.8) is 0 Å². The smallest absolute Gasteiger partial charge is 0.391 e. The number of aliphatic hydroxyl groups is 1. The zero-order valence-electron chi connectivity index (χ0n) is 42.1. The lowest BCUT2D eigenvalue weighted by atomic mass is 10.0. The molecule has 0 fully saturated rings. The minimum Gasteiger partial charge on any atom is -0.391 e. The predicted molar refractivity (Wildman–Crippen MR) is 268 cm³/mol. The van der Waals surface area contributed by atoms with Crippen molar-refractivity contribution < 1.29 is 32.9 Å². The number of carbonyl (C=O) groups excluding carboxylic acids is 1. The molecular formula is C53H108N2O6P+. The number of rotatable bonds is 50. The monoisotopic (exact) mass is 900 g/mol. The van der Waals surface area contributed by atoms with E-state index in [1.54, 1.807) is 0 Å². The molecule has 0 aliphatic rings. The third-order valence-electron chi connectivity index (χ3n) is 12.5. The summed E-state index contributed by atoms with van der Waals surface area (Å²) >= 11 is 0. The molecule has 0 aromatic carbocycles. The summed E-state index contributed by atoms with van der Waals surface area (Å²) in [6, 6.07) is -0.759. The van der Waals surface area contributed by atoms with Crippen LogP contribution in [0.2, 0.25) is 0 Å². The first-order valence-electron chi connectivity index (χ1n) is 27.1. The van der Waals surface area contributed by atoms with Gasteiger partial charge in [-0.3, -0.25) is 13.8 Å². The summed E-state index contributed by atoms with van der Waals surface area (Å²) in [5.74, 6) is -0.143. The van der Waals surface area contributed by atoms with E-state index >= 15 is 0 Å². The number of allylic oxidation sites excluding steroid dienone is 2. The van der Waals surface area contributed by atoms with E-state index in [2.05, 4.69) is 31.3 Å². The van der Waals surface area contributed by atoms with Crippen LogP contribution >= 0.6 is 7.82 Å². The third-order valence-corrected chi connectivity index (χ3v) is 13.5. The van der Waals surface area contributed by atoms with Gasteiger partial charge in [-0.25, -0.2) is 4.57 Å². The van der Waals surface area contributed by atoms with E-state index < -0.39 is 20.0 Å². The van der Waals surface area contributed by atoms with Crippen molar-refractivity contribution in [2.45, 2.75) is 283 Å². The van der Waals surface area contributed by atoms with Crippen LogP contribution in [0.5, 0.6) is 0 Å². The van der Waals surface area contributed by atoms with Gasteiger partial charge in [-0.05, 0) is 38.5 Å². The van der Waals surface area contributed by atoms with Gasteiger partial charge >= 0.3 is 7.82 Å². The van der Waals surface area contributed by atoms with Gasteiger partial charge in [0, 0.05) is 6.42 Å². The number of hydrogen-bond acceptors (Lipinski definition) is 5. The Morgan fingerprint density at radius 2 is 0.871 bits per heavy atom. The van der Waals surface area contributed by atoms with Gasteiger partial charge in [0.15, 0.2) is 0 Å². The summed E-state index contributed by atoms with van der Waals surface area (Å²) in [6.45, 7) is 4.92. The molecule has 0 aliphatic heterocycles. The fraction of sp³-hybridized carbons (Fsp3) is 0.943. The maximum absolute atomic E-state index is 13.0.